The summed E-state index contributed by atoms with van der Waals surface area (Å²) in [6.07, 6.45) is 0. The van der Waals surface area contributed by atoms with E-state index in [2.05, 4.69) is 4.98 Å². The lowest BCUT2D eigenvalue weighted by Crippen LogP contribution is -2.06. The zero-order valence-electron chi connectivity index (χ0n) is 9.78. The van der Waals surface area contributed by atoms with Crippen LogP contribution < -0.4 is 5.43 Å². The first-order chi connectivity index (χ1) is 9.16. The molecule has 0 atom stereocenters. The van der Waals surface area contributed by atoms with E-state index in [1.54, 1.807) is 0 Å². The number of rotatable bonds is 1. The zero-order valence-corrected chi connectivity index (χ0v) is 9.78. The summed E-state index contributed by atoms with van der Waals surface area (Å²) in [5.41, 5.74) is 1.13. The van der Waals surface area contributed by atoms with Gasteiger partial charge in [-0.3, -0.25) is 4.79 Å². The summed E-state index contributed by atoms with van der Waals surface area (Å²) >= 11 is 0. The Kier molecular flexibility index (Phi) is 2.63. The van der Waals surface area contributed by atoms with Gasteiger partial charge >= 0.3 is 0 Å². The van der Waals surface area contributed by atoms with Crippen LogP contribution in [0.3, 0.4) is 0 Å². The first kappa shape index (κ1) is 11.6. The maximum Gasteiger partial charge on any atom is 0.193 e. The largest absolute Gasteiger partial charge is 0.354 e. The maximum atomic E-state index is 13.6. The van der Waals surface area contributed by atoms with Crippen molar-refractivity contribution in [3.05, 3.63) is 70.4 Å². The fourth-order valence-electron chi connectivity index (χ4n) is 2.05. The van der Waals surface area contributed by atoms with Crippen molar-refractivity contribution in [3.63, 3.8) is 0 Å². The number of benzene rings is 2. The summed E-state index contributed by atoms with van der Waals surface area (Å²) in [6, 6.07) is 12.8. The van der Waals surface area contributed by atoms with Crippen LogP contribution in [-0.2, 0) is 0 Å². The fraction of sp³-hybridized carbons (Fsp3) is 0. The molecule has 1 N–H and O–H groups in total. The van der Waals surface area contributed by atoms with Crippen molar-refractivity contribution >= 4 is 10.9 Å². The minimum Gasteiger partial charge on any atom is -0.354 e. The summed E-state index contributed by atoms with van der Waals surface area (Å²) in [7, 11) is 0. The van der Waals surface area contributed by atoms with Crippen molar-refractivity contribution in [1.29, 1.82) is 0 Å². The molecule has 2 aromatic carbocycles. The first-order valence-corrected chi connectivity index (χ1v) is 5.73. The topological polar surface area (TPSA) is 32.9 Å². The van der Waals surface area contributed by atoms with Crippen LogP contribution in [0.2, 0.25) is 0 Å². The quantitative estimate of drug-likeness (QED) is 0.711. The third kappa shape index (κ3) is 1.91. The molecule has 0 amide bonds. The molecule has 1 heterocycles. The van der Waals surface area contributed by atoms with E-state index in [1.807, 2.05) is 30.3 Å². The van der Waals surface area contributed by atoms with Gasteiger partial charge in [0.15, 0.2) is 17.1 Å². The summed E-state index contributed by atoms with van der Waals surface area (Å²) in [5, 5.41) is -0.250. The molecular formula is C15H9F2NO. The number of H-pyrrole nitrogens is 1. The SMILES string of the molecule is O=c1cc(-c2ccccc2)[nH]c2ccc(F)c(F)c12. The highest BCUT2D eigenvalue weighted by atomic mass is 19.2. The molecule has 2 nitrogen and oxygen atoms in total. The average Bonchev–Trinajstić information content (AvgIpc) is 2.43. The Labute approximate surface area is 107 Å². The second-order valence-electron chi connectivity index (χ2n) is 4.20. The van der Waals surface area contributed by atoms with Gasteiger partial charge in [0, 0.05) is 11.8 Å². The van der Waals surface area contributed by atoms with Gasteiger partial charge in [-0.1, -0.05) is 30.3 Å². The highest BCUT2D eigenvalue weighted by Crippen LogP contribution is 2.20. The van der Waals surface area contributed by atoms with Gasteiger partial charge in [-0.25, -0.2) is 8.78 Å². The third-order valence-corrected chi connectivity index (χ3v) is 2.97. The van der Waals surface area contributed by atoms with Crippen LogP contribution in [0.5, 0.6) is 0 Å². The molecule has 0 fully saturated rings. The molecule has 0 aliphatic carbocycles. The standard InChI is InChI=1S/C15H9F2NO/c16-10-6-7-11-14(15(10)17)13(19)8-12(18-11)9-4-2-1-3-5-9/h1-8H,(H,18,19). The zero-order chi connectivity index (χ0) is 13.4. The number of hydrogen-bond donors (Lipinski definition) is 1. The minimum absolute atomic E-state index is 0.250. The second kappa shape index (κ2) is 4.31. The van der Waals surface area contributed by atoms with E-state index >= 15 is 0 Å². The summed E-state index contributed by atoms with van der Waals surface area (Å²) in [4.78, 5) is 14.9. The fourth-order valence-corrected chi connectivity index (χ4v) is 2.05. The Bertz CT molecular complexity index is 809. The summed E-state index contributed by atoms with van der Waals surface area (Å²) in [6.45, 7) is 0. The molecule has 0 saturated carbocycles. The Morgan fingerprint density at radius 2 is 1.68 bits per heavy atom. The monoisotopic (exact) mass is 257 g/mol. The van der Waals surface area contributed by atoms with Gasteiger partial charge in [0.2, 0.25) is 0 Å². The van der Waals surface area contributed by atoms with E-state index < -0.39 is 17.1 Å². The molecule has 1 aromatic heterocycles. The average molecular weight is 257 g/mol. The highest BCUT2D eigenvalue weighted by Gasteiger charge is 2.12. The molecule has 0 saturated heterocycles. The van der Waals surface area contributed by atoms with Crippen molar-refractivity contribution in [2.75, 3.05) is 0 Å². The molecule has 0 radical (unpaired) electrons. The normalized spacial score (nSPS) is 10.8. The predicted molar refractivity (Wildman–Crippen MR) is 69.9 cm³/mol. The van der Waals surface area contributed by atoms with E-state index in [-0.39, 0.29) is 10.9 Å². The van der Waals surface area contributed by atoms with Gasteiger partial charge in [0.25, 0.3) is 0 Å². The van der Waals surface area contributed by atoms with Gasteiger partial charge < -0.3 is 4.98 Å². The first-order valence-electron chi connectivity index (χ1n) is 5.73. The number of nitrogens with one attached hydrogen (secondary N) is 1. The van der Waals surface area contributed by atoms with Crippen LogP contribution in [0.4, 0.5) is 8.78 Å². The van der Waals surface area contributed by atoms with Crippen LogP contribution in [0.1, 0.15) is 0 Å². The van der Waals surface area contributed by atoms with Crippen LogP contribution in [0.15, 0.2) is 53.3 Å². The molecule has 3 aromatic rings. The number of fused-ring (bicyclic) bond motifs is 1. The van der Waals surface area contributed by atoms with Gasteiger partial charge in [-0.05, 0) is 17.7 Å². The van der Waals surface area contributed by atoms with Crippen LogP contribution in [-0.4, -0.2) is 4.98 Å². The number of halogens is 2. The molecular weight excluding hydrogens is 248 g/mol. The van der Waals surface area contributed by atoms with E-state index in [0.717, 1.165) is 11.6 Å². The minimum atomic E-state index is -1.11. The molecule has 4 heteroatoms. The van der Waals surface area contributed by atoms with E-state index in [9.17, 15) is 13.6 Å². The Morgan fingerprint density at radius 3 is 2.42 bits per heavy atom. The Hall–Kier alpha value is -2.49. The highest BCUT2D eigenvalue weighted by molar-refractivity contribution is 5.82. The predicted octanol–water partition coefficient (Wildman–Crippen LogP) is 3.47. The van der Waals surface area contributed by atoms with Gasteiger partial charge in [0.05, 0.1) is 10.9 Å². The van der Waals surface area contributed by atoms with Crippen LogP contribution in [0, 0.1) is 11.6 Å². The van der Waals surface area contributed by atoms with E-state index in [0.29, 0.717) is 5.69 Å². The summed E-state index contributed by atoms with van der Waals surface area (Å²) in [5.74, 6) is -2.14. The maximum absolute atomic E-state index is 13.6. The number of aromatic nitrogens is 1. The molecule has 94 valence electrons. The van der Waals surface area contributed by atoms with Crippen molar-refractivity contribution in [2.24, 2.45) is 0 Å². The number of aromatic amines is 1. The number of hydrogen-bond acceptors (Lipinski definition) is 1. The van der Waals surface area contributed by atoms with Crippen molar-refractivity contribution < 1.29 is 8.78 Å². The molecule has 0 aliphatic heterocycles. The molecule has 0 unspecified atom stereocenters. The molecule has 0 bridgehead atoms. The van der Waals surface area contributed by atoms with Crippen LogP contribution in [0.25, 0.3) is 22.2 Å². The molecule has 0 aliphatic rings. The lowest BCUT2D eigenvalue weighted by molar-refractivity contribution is 0.516. The van der Waals surface area contributed by atoms with E-state index in [1.165, 1.54) is 12.1 Å². The van der Waals surface area contributed by atoms with Crippen molar-refractivity contribution in [2.45, 2.75) is 0 Å². The lowest BCUT2D eigenvalue weighted by Gasteiger charge is -2.05. The van der Waals surface area contributed by atoms with E-state index in [4.69, 9.17) is 0 Å². The second-order valence-corrected chi connectivity index (χ2v) is 4.20. The number of pyridine rings is 1. The summed E-state index contributed by atoms with van der Waals surface area (Å²) < 4.78 is 26.7. The van der Waals surface area contributed by atoms with Crippen LogP contribution >= 0.6 is 0 Å². The molecule has 3 rings (SSSR count). The van der Waals surface area contributed by atoms with Gasteiger partial charge in [-0.2, -0.15) is 0 Å². The smallest absolute Gasteiger partial charge is 0.193 e. The Balaban J connectivity index is 2.33. The van der Waals surface area contributed by atoms with Gasteiger partial charge in [-0.15, -0.1) is 0 Å². The van der Waals surface area contributed by atoms with Crippen molar-refractivity contribution in [1.82, 2.24) is 4.98 Å². The molecule has 0 spiro atoms. The Morgan fingerprint density at radius 1 is 0.947 bits per heavy atom. The van der Waals surface area contributed by atoms with Crippen molar-refractivity contribution in [3.8, 4) is 11.3 Å². The molecule has 19 heavy (non-hydrogen) atoms. The third-order valence-electron chi connectivity index (χ3n) is 2.97. The van der Waals surface area contributed by atoms with Gasteiger partial charge in [0.1, 0.15) is 0 Å². The lowest BCUT2D eigenvalue weighted by atomic mass is 10.1.